The summed E-state index contributed by atoms with van der Waals surface area (Å²) in [7, 11) is 0. The molecule has 0 aromatic heterocycles. The van der Waals surface area contributed by atoms with Crippen molar-refractivity contribution in [1.29, 1.82) is 0 Å². The molecule has 0 saturated carbocycles. The highest BCUT2D eigenvalue weighted by Crippen LogP contribution is 2.26. The van der Waals surface area contributed by atoms with Crippen molar-refractivity contribution in [2.45, 2.75) is 13.0 Å². The molecule has 0 heterocycles. The third-order valence-electron chi connectivity index (χ3n) is 2.99. The third kappa shape index (κ3) is 3.55. The van der Waals surface area contributed by atoms with Crippen LogP contribution in [0.2, 0.25) is 0 Å². The lowest BCUT2D eigenvalue weighted by Gasteiger charge is -2.18. The number of hydrogen-bond donors (Lipinski definition) is 2. The molecule has 5 heteroatoms. The van der Waals surface area contributed by atoms with Gasteiger partial charge in [0.15, 0.2) is 0 Å². The minimum absolute atomic E-state index is 0.0120. The van der Waals surface area contributed by atoms with Gasteiger partial charge >= 0.3 is 0 Å². The van der Waals surface area contributed by atoms with E-state index >= 15 is 0 Å². The lowest BCUT2D eigenvalue weighted by atomic mass is 10.1. The van der Waals surface area contributed by atoms with Gasteiger partial charge in [-0.15, -0.1) is 0 Å². The van der Waals surface area contributed by atoms with Crippen molar-refractivity contribution in [3.05, 3.63) is 63.9 Å². The van der Waals surface area contributed by atoms with Gasteiger partial charge in [-0.05, 0) is 42.8 Å². The van der Waals surface area contributed by atoms with Crippen LogP contribution < -0.4 is 11.1 Å². The molecular weight excluding hydrogens is 339 g/mol. The summed E-state index contributed by atoms with van der Waals surface area (Å²) in [6.45, 7) is 2.00. The maximum Gasteiger partial charge on any atom is 0.123 e. The van der Waals surface area contributed by atoms with E-state index in [4.69, 9.17) is 18.0 Å². The fourth-order valence-electron chi connectivity index (χ4n) is 1.92. The van der Waals surface area contributed by atoms with Gasteiger partial charge < -0.3 is 11.1 Å². The first-order valence-corrected chi connectivity index (χ1v) is 7.29. The van der Waals surface area contributed by atoms with Gasteiger partial charge in [0.1, 0.15) is 10.8 Å². The number of anilines is 1. The van der Waals surface area contributed by atoms with Gasteiger partial charge in [-0.1, -0.05) is 40.3 Å². The minimum Gasteiger partial charge on any atom is -0.389 e. The zero-order valence-electron chi connectivity index (χ0n) is 10.9. The molecule has 20 heavy (non-hydrogen) atoms. The standard InChI is InChI=1S/C15H14BrFN2S/c1-9(10-2-5-12(17)6-3-10)19-14-8-11(16)4-7-13(14)15(18)20/h2-9,19H,1H3,(H2,18,20). The summed E-state index contributed by atoms with van der Waals surface area (Å²) in [5.74, 6) is -0.243. The molecule has 0 fully saturated rings. The fourth-order valence-corrected chi connectivity index (χ4v) is 2.46. The molecule has 0 amide bonds. The number of benzene rings is 2. The van der Waals surface area contributed by atoms with Crippen molar-refractivity contribution in [2.75, 3.05) is 5.32 Å². The van der Waals surface area contributed by atoms with E-state index in [9.17, 15) is 4.39 Å². The summed E-state index contributed by atoms with van der Waals surface area (Å²) in [4.78, 5) is 0.339. The average molecular weight is 353 g/mol. The number of thiocarbonyl (C=S) groups is 1. The Labute approximate surface area is 131 Å². The molecule has 2 aromatic rings. The van der Waals surface area contributed by atoms with Crippen molar-refractivity contribution in [2.24, 2.45) is 5.73 Å². The molecular formula is C15H14BrFN2S. The normalized spacial score (nSPS) is 11.9. The van der Waals surface area contributed by atoms with Gasteiger partial charge in [-0.3, -0.25) is 0 Å². The predicted octanol–water partition coefficient (Wildman–Crippen LogP) is 4.40. The van der Waals surface area contributed by atoms with Crippen LogP contribution in [-0.4, -0.2) is 4.99 Å². The number of halogens is 2. The van der Waals surface area contributed by atoms with Crippen LogP contribution >= 0.6 is 28.1 Å². The summed E-state index contributed by atoms with van der Waals surface area (Å²) in [5, 5.41) is 3.35. The van der Waals surface area contributed by atoms with E-state index in [2.05, 4.69) is 21.2 Å². The second-order valence-electron chi connectivity index (χ2n) is 4.47. The number of hydrogen-bond acceptors (Lipinski definition) is 2. The summed E-state index contributed by atoms with van der Waals surface area (Å²) in [6, 6.07) is 12.1. The molecule has 1 atom stereocenters. The zero-order chi connectivity index (χ0) is 14.7. The molecule has 2 nitrogen and oxygen atoms in total. The van der Waals surface area contributed by atoms with E-state index < -0.39 is 0 Å². The van der Waals surface area contributed by atoms with Gasteiger partial charge in [-0.2, -0.15) is 0 Å². The summed E-state index contributed by atoms with van der Waals surface area (Å²) in [5.41, 5.74) is 8.35. The molecule has 0 bridgehead atoms. The fraction of sp³-hybridized carbons (Fsp3) is 0.133. The first-order valence-electron chi connectivity index (χ1n) is 6.08. The maximum atomic E-state index is 12.9. The van der Waals surface area contributed by atoms with E-state index in [0.717, 1.165) is 21.3 Å². The lowest BCUT2D eigenvalue weighted by molar-refractivity contribution is 0.626. The number of nitrogens with one attached hydrogen (secondary N) is 1. The maximum absolute atomic E-state index is 12.9. The summed E-state index contributed by atoms with van der Waals surface area (Å²) < 4.78 is 13.9. The highest BCUT2D eigenvalue weighted by Gasteiger charge is 2.10. The van der Waals surface area contributed by atoms with Crippen LogP contribution in [0.25, 0.3) is 0 Å². The molecule has 2 aromatic carbocycles. The molecule has 0 saturated heterocycles. The van der Waals surface area contributed by atoms with Crippen LogP contribution in [0.5, 0.6) is 0 Å². The Bertz CT molecular complexity index is 628. The average Bonchev–Trinajstić information content (AvgIpc) is 2.39. The van der Waals surface area contributed by atoms with Gasteiger partial charge in [0, 0.05) is 21.8 Å². The molecule has 0 radical (unpaired) electrons. The molecule has 0 spiro atoms. The molecule has 0 aliphatic heterocycles. The second kappa shape index (κ2) is 6.33. The van der Waals surface area contributed by atoms with E-state index in [1.807, 2.05) is 25.1 Å². The Balaban J connectivity index is 2.27. The van der Waals surface area contributed by atoms with Gasteiger partial charge in [-0.25, -0.2) is 4.39 Å². The van der Waals surface area contributed by atoms with Crippen molar-refractivity contribution in [3.8, 4) is 0 Å². The summed E-state index contributed by atoms with van der Waals surface area (Å²) >= 11 is 8.48. The van der Waals surface area contributed by atoms with Gasteiger partial charge in [0.2, 0.25) is 0 Å². The second-order valence-corrected chi connectivity index (χ2v) is 5.83. The number of rotatable bonds is 4. The first-order chi connectivity index (χ1) is 9.47. The largest absolute Gasteiger partial charge is 0.389 e. The molecule has 0 aliphatic rings. The van der Waals surface area contributed by atoms with Crippen LogP contribution in [0.1, 0.15) is 24.1 Å². The Morgan fingerprint density at radius 3 is 2.50 bits per heavy atom. The third-order valence-corrected chi connectivity index (χ3v) is 3.70. The molecule has 2 rings (SSSR count). The molecule has 0 aliphatic carbocycles. The lowest BCUT2D eigenvalue weighted by Crippen LogP contribution is -2.15. The Hall–Kier alpha value is -1.46. The van der Waals surface area contributed by atoms with Crippen LogP contribution in [0.4, 0.5) is 10.1 Å². The van der Waals surface area contributed by atoms with Crippen molar-refractivity contribution in [1.82, 2.24) is 0 Å². The molecule has 1 unspecified atom stereocenters. The Morgan fingerprint density at radius 1 is 1.25 bits per heavy atom. The highest BCUT2D eigenvalue weighted by molar-refractivity contribution is 9.10. The summed E-state index contributed by atoms with van der Waals surface area (Å²) in [6.07, 6.45) is 0. The topological polar surface area (TPSA) is 38.0 Å². The van der Waals surface area contributed by atoms with Crippen LogP contribution in [0.15, 0.2) is 46.9 Å². The van der Waals surface area contributed by atoms with Crippen LogP contribution in [0, 0.1) is 5.82 Å². The van der Waals surface area contributed by atoms with E-state index in [1.54, 1.807) is 12.1 Å². The van der Waals surface area contributed by atoms with Gasteiger partial charge in [0.05, 0.1) is 0 Å². The highest BCUT2D eigenvalue weighted by atomic mass is 79.9. The van der Waals surface area contributed by atoms with Crippen LogP contribution in [-0.2, 0) is 0 Å². The monoisotopic (exact) mass is 352 g/mol. The van der Waals surface area contributed by atoms with Crippen molar-refractivity contribution >= 4 is 38.8 Å². The first kappa shape index (κ1) is 14.9. The van der Waals surface area contributed by atoms with Gasteiger partial charge in [0.25, 0.3) is 0 Å². The van der Waals surface area contributed by atoms with Crippen LogP contribution in [0.3, 0.4) is 0 Å². The smallest absolute Gasteiger partial charge is 0.123 e. The van der Waals surface area contributed by atoms with Crippen molar-refractivity contribution < 1.29 is 4.39 Å². The van der Waals surface area contributed by atoms with Crippen molar-refractivity contribution in [3.63, 3.8) is 0 Å². The molecule has 3 N–H and O–H groups in total. The number of nitrogens with two attached hydrogens (primary N) is 1. The van der Waals surface area contributed by atoms with E-state index in [0.29, 0.717) is 4.99 Å². The minimum atomic E-state index is -0.243. The Kier molecular flexibility index (Phi) is 4.73. The van der Waals surface area contributed by atoms with E-state index in [1.165, 1.54) is 12.1 Å². The Morgan fingerprint density at radius 2 is 1.90 bits per heavy atom. The van der Waals surface area contributed by atoms with E-state index in [-0.39, 0.29) is 11.9 Å². The quantitative estimate of drug-likeness (QED) is 0.801. The SMILES string of the molecule is CC(Nc1cc(Br)ccc1C(N)=S)c1ccc(F)cc1. The predicted molar refractivity (Wildman–Crippen MR) is 88.5 cm³/mol. The molecule has 104 valence electrons. The zero-order valence-corrected chi connectivity index (χ0v) is 13.3.